The van der Waals surface area contributed by atoms with Crippen LogP contribution in [0.3, 0.4) is 0 Å². The molecule has 3 nitrogen and oxygen atoms in total. The third kappa shape index (κ3) is 4.84. The van der Waals surface area contributed by atoms with Gasteiger partial charge in [0.05, 0.1) is 0 Å². The Balaban J connectivity index is 2.11. The standard InChI is InChI=1S/C19H15ClN2O/c1-14-12-17(20)10-11-18(14)22-19(23)16(13-21)9-5-8-15-6-3-2-4-7-15/h2-12H,1H3,(H,22,23)/b8-5+,16-9+. The van der Waals surface area contributed by atoms with Crippen molar-refractivity contribution in [1.29, 1.82) is 5.26 Å². The Kier molecular flexibility index (Phi) is 5.74. The number of nitrogens with one attached hydrogen (secondary N) is 1. The summed E-state index contributed by atoms with van der Waals surface area (Å²) in [5.74, 6) is -0.448. The molecule has 2 aromatic rings. The van der Waals surface area contributed by atoms with Gasteiger partial charge in [0.2, 0.25) is 0 Å². The van der Waals surface area contributed by atoms with Crippen molar-refractivity contribution in [3.8, 4) is 6.07 Å². The van der Waals surface area contributed by atoms with Crippen LogP contribution in [-0.2, 0) is 4.79 Å². The molecule has 4 heteroatoms. The molecule has 1 amide bonds. The van der Waals surface area contributed by atoms with Gasteiger partial charge in [-0.15, -0.1) is 0 Å². The Morgan fingerprint density at radius 3 is 2.61 bits per heavy atom. The molecule has 0 saturated carbocycles. The second kappa shape index (κ2) is 7.98. The fourth-order valence-electron chi connectivity index (χ4n) is 1.94. The lowest BCUT2D eigenvalue weighted by Gasteiger charge is -2.07. The smallest absolute Gasteiger partial charge is 0.266 e. The van der Waals surface area contributed by atoms with Gasteiger partial charge in [-0.25, -0.2) is 0 Å². The first-order valence-electron chi connectivity index (χ1n) is 7.01. The number of aryl methyl sites for hydroxylation is 1. The number of halogens is 1. The fourth-order valence-corrected chi connectivity index (χ4v) is 2.17. The summed E-state index contributed by atoms with van der Waals surface area (Å²) in [7, 11) is 0. The number of amides is 1. The number of carbonyl (C=O) groups is 1. The number of nitriles is 1. The molecule has 0 aliphatic carbocycles. The molecular weight excluding hydrogens is 308 g/mol. The molecule has 2 rings (SSSR count). The fraction of sp³-hybridized carbons (Fsp3) is 0.0526. The van der Waals surface area contributed by atoms with Gasteiger partial charge in [0.25, 0.3) is 5.91 Å². The maximum Gasteiger partial charge on any atom is 0.266 e. The zero-order chi connectivity index (χ0) is 16.7. The highest BCUT2D eigenvalue weighted by Crippen LogP contribution is 2.20. The van der Waals surface area contributed by atoms with Crippen molar-refractivity contribution < 1.29 is 4.79 Å². The van der Waals surface area contributed by atoms with E-state index < -0.39 is 5.91 Å². The molecule has 0 saturated heterocycles. The predicted octanol–water partition coefficient (Wildman–Crippen LogP) is 4.75. The molecule has 0 fully saturated rings. The van der Waals surface area contributed by atoms with E-state index in [4.69, 9.17) is 16.9 Å². The summed E-state index contributed by atoms with van der Waals surface area (Å²) >= 11 is 5.88. The van der Waals surface area contributed by atoms with Gasteiger partial charge in [0, 0.05) is 10.7 Å². The van der Waals surface area contributed by atoms with Gasteiger partial charge in [-0.05, 0) is 42.3 Å². The molecule has 2 aromatic carbocycles. The van der Waals surface area contributed by atoms with E-state index in [1.807, 2.05) is 49.4 Å². The minimum absolute atomic E-state index is 0.0338. The molecule has 0 aliphatic rings. The Bertz CT molecular complexity index is 802. The monoisotopic (exact) mass is 322 g/mol. The van der Waals surface area contributed by atoms with Crippen LogP contribution in [0.25, 0.3) is 6.08 Å². The molecule has 0 aliphatic heterocycles. The topological polar surface area (TPSA) is 52.9 Å². The summed E-state index contributed by atoms with van der Waals surface area (Å²) in [4.78, 5) is 12.2. The average molecular weight is 323 g/mol. The van der Waals surface area contributed by atoms with E-state index >= 15 is 0 Å². The lowest BCUT2D eigenvalue weighted by atomic mass is 10.1. The average Bonchev–Trinajstić information content (AvgIpc) is 2.55. The maximum absolute atomic E-state index is 12.2. The highest BCUT2D eigenvalue weighted by Gasteiger charge is 2.09. The first-order valence-corrected chi connectivity index (χ1v) is 7.39. The van der Waals surface area contributed by atoms with Crippen LogP contribution in [0.4, 0.5) is 5.69 Å². The summed E-state index contributed by atoms with van der Waals surface area (Å²) in [6.45, 7) is 1.84. The van der Waals surface area contributed by atoms with Gasteiger partial charge in [-0.3, -0.25) is 4.79 Å². The Morgan fingerprint density at radius 1 is 1.22 bits per heavy atom. The van der Waals surface area contributed by atoms with E-state index in [2.05, 4.69) is 5.32 Å². The number of anilines is 1. The number of allylic oxidation sites excluding steroid dienone is 2. The molecule has 0 radical (unpaired) electrons. The van der Waals surface area contributed by atoms with Gasteiger partial charge >= 0.3 is 0 Å². The molecule has 0 aromatic heterocycles. The van der Waals surface area contributed by atoms with Crippen LogP contribution in [0.1, 0.15) is 11.1 Å². The summed E-state index contributed by atoms with van der Waals surface area (Å²) in [6, 6.07) is 16.7. The number of rotatable bonds is 4. The molecule has 114 valence electrons. The van der Waals surface area contributed by atoms with Gasteiger partial charge in [-0.2, -0.15) is 5.26 Å². The van der Waals surface area contributed by atoms with Crippen LogP contribution >= 0.6 is 11.6 Å². The van der Waals surface area contributed by atoms with Crippen molar-refractivity contribution in [1.82, 2.24) is 0 Å². The zero-order valence-corrected chi connectivity index (χ0v) is 13.3. The zero-order valence-electron chi connectivity index (χ0n) is 12.6. The van der Waals surface area contributed by atoms with Crippen molar-refractivity contribution in [3.05, 3.63) is 82.4 Å². The number of hydrogen-bond acceptors (Lipinski definition) is 2. The van der Waals surface area contributed by atoms with Crippen LogP contribution in [0.15, 0.2) is 66.3 Å². The number of hydrogen-bond donors (Lipinski definition) is 1. The first kappa shape index (κ1) is 16.5. The third-order valence-electron chi connectivity index (χ3n) is 3.15. The van der Waals surface area contributed by atoms with E-state index in [1.165, 1.54) is 6.08 Å². The molecular formula is C19H15ClN2O. The molecule has 0 heterocycles. The van der Waals surface area contributed by atoms with E-state index in [1.54, 1.807) is 24.3 Å². The molecule has 1 N–H and O–H groups in total. The van der Waals surface area contributed by atoms with Crippen molar-refractivity contribution in [2.24, 2.45) is 0 Å². The lowest BCUT2D eigenvalue weighted by molar-refractivity contribution is -0.112. The van der Waals surface area contributed by atoms with Crippen molar-refractivity contribution in [3.63, 3.8) is 0 Å². The maximum atomic E-state index is 12.2. The summed E-state index contributed by atoms with van der Waals surface area (Å²) in [5.41, 5.74) is 2.50. The van der Waals surface area contributed by atoms with Crippen LogP contribution in [0.2, 0.25) is 5.02 Å². The molecule has 0 atom stereocenters. The van der Waals surface area contributed by atoms with Crippen molar-refractivity contribution in [2.75, 3.05) is 5.32 Å². The summed E-state index contributed by atoms with van der Waals surface area (Å²) in [6.07, 6.45) is 5.01. The van der Waals surface area contributed by atoms with E-state index in [0.717, 1.165) is 11.1 Å². The third-order valence-corrected chi connectivity index (χ3v) is 3.39. The summed E-state index contributed by atoms with van der Waals surface area (Å²) < 4.78 is 0. The highest BCUT2D eigenvalue weighted by atomic mass is 35.5. The minimum atomic E-state index is -0.448. The minimum Gasteiger partial charge on any atom is -0.321 e. The molecule has 23 heavy (non-hydrogen) atoms. The quantitative estimate of drug-likeness (QED) is 0.501. The second-order valence-electron chi connectivity index (χ2n) is 4.88. The second-order valence-corrected chi connectivity index (χ2v) is 5.31. The number of carbonyl (C=O) groups excluding carboxylic acids is 1. The molecule has 0 bridgehead atoms. The first-order chi connectivity index (χ1) is 11.1. The van der Waals surface area contributed by atoms with Gasteiger partial charge in [0.1, 0.15) is 11.6 Å². The number of benzene rings is 2. The van der Waals surface area contributed by atoms with Gasteiger partial charge in [-0.1, -0.05) is 54.1 Å². The van der Waals surface area contributed by atoms with Crippen LogP contribution < -0.4 is 5.32 Å². The van der Waals surface area contributed by atoms with E-state index in [9.17, 15) is 4.79 Å². The van der Waals surface area contributed by atoms with Crippen molar-refractivity contribution >= 4 is 29.3 Å². The predicted molar refractivity (Wildman–Crippen MR) is 94.0 cm³/mol. The van der Waals surface area contributed by atoms with Crippen LogP contribution in [0, 0.1) is 18.3 Å². The van der Waals surface area contributed by atoms with E-state index in [0.29, 0.717) is 10.7 Å². The largest absolute Gasteiger partial charge is 0.321 e. The van der Waals surface area contributed by atoms with Crippen molar-refractivity contribution in [2.45, 2.75) is 6.92 Å². The number of nitrogens with zero attached hydrogens (tertiary/aromatic N) is 1. The normalized spacial score (nSPS) is 11.3. The lowest BCUT2D eigenvalue weighted by Crippen LogP contribution is -2.14. The van der Waals surface area contributed by atoms with E-state index in [-0.39, 0.29) is 5.57 Å². The summed E-state index contributed by atoms with van der Waals surface area (Å²) in [5, 5.41) is 12.5. The Morgan fingerprint density at radius 2 is 1.96 bits per heavy atom. The Hall–Kier alpha value is -2.83. The van der Waals surface area contributed by atoms with Gasteiger partial charge in [0.15, 0.2) is 0 Å². The SMILES string of the molecule is Cc1cc(Cl)ccc1NC(=O)/C(C#N)=C/C=C/c1ccccc1. The van der Waals surface area contributed by atoms with Gasteiger partial charge < -0.3 is 5.32 Å². The molecule has 0 unspecified atom stereocenters. The van der Waals surface area contributed by atoms with Crippen LogP contribution in [0.5, 0.6) is 0 Å². The molecule has 0 spiro atoms. The van der Waals surface area contributed by atoms with Crippen LogP contribution in [-0.4, -0.2) is 5.91 Å². The Labute approximate surface area is 140 Å². The highest BCUT2D eigenvalue weighted by molar-refractivity contribution is 6.30.